The van der Waals surface area contributed by atoms with Crippen molar-refractivity contribution in [1.29, 1.82) is 0 Å². The summed E-state index contributed by atoms with van der Waals surface area (Å²) in [6, 6.07) is 0.855. The molecule has 1 nitrogen and oxygen atoms in total. The van der Waals surface area contributed by atoms with Gasteiger partial charge in [-0.1, -0.05) is 19.8 Å². The first-order valence-corrected chi connectivity index (χ1v) is 4.38. The minimum absolute atomic E-state index is 0.855. The van der Waals surface area contributed by atoms with Gasteiger partial charge in [-0.25, -0.2) is 0 Å². The van der Waals surface area contributed by atoms with Gasteiger partial charge in [-0.15, -0.1) is 0 Å². The van der Waals surface area contributed by atoms with E-state index in [4.69, 9.17) is 0 Å². The van der Waals surface area contributed by atoms with Crippen molar-refractivity contribution in [2.45, 2.75) is 38.6 Å². The molecule has 1 fully saturated rings. The normalized spacial score (nSPS) is 34.8. The fourth-order valence-electron chi connectivity index (χ4n) is 2.06. The molecule has 10 heavy (non-hydrogen) atoms. The van der Waals surface area contributed by atoms with Gasteiger partial charge < -0.3 is 4.90 Å². The van der Waals surface area contributed by atoms with Crippen LogP contribution in [0.1, 0.15) is 32.6 Å². The second kappa shape index (κ2) is 3.38. The summed E-state index contributed by atoms with van der Waals surface area (Å²) in [5.74, 6) is 0.920. The summed E-state index contributed by atoms with van der Waals surface area (Å²) in [6.07, 6.45) is 5.73. The van der Waals surface area contributed by atoms with Crippen molar-refractivity contribution in [2.24, 2.45) is 5.92 Å². The van der Waals surface area contributed by atoms with Crippen LogP contribution >= 0.6 is 0 Å². The van der Waals surface area contributed by atoms with Gasteiger partial charge in [0.05, 0.1) is 0 Å². The summed E-state index contributed by atoms with van der Waals surface area (Å²) in [4.78, 5) is 2.38. The third-order valence-corrected chi connectivity index (χ3v) is 2.73. The predicted octanol–water partition coefficient (Wildman–Crippen LogP) is 2.13. The highest BCUT2D eigenvalue weighted by Gasteiger charge is 2.22. The Bertz CT molecular complexity index is 98.9. The summed E-state index contributed by atoms with van der Waals surface area (Å²) in [5, 5.41) is 0. The Labute approximate surface area is 64.4 Å². The zero-order valence-electron chi connectivity index (χ0n) is 7.43. The monoisotopic (exact) mass is 141 g/mol. The fraction of sp³-hybridized carbons (Fsp3) is 1.00. The van der Waals surface area contributed by atoms with E-state index in [-0.39, 0.29) is 0 Å². The average molecular weight is 141 g/mol. The quantitative estimate of drug-likeness (QED) is 0.540. The summed E-state index contributed by atoms with van der Waals surface area (Å²) >= 11 is 0. The highest BCUT2D eigenvalue weighted by molar-refractivity contribution is 4.77. The topological polar surface area (TPSA) is 3.24 Å². The zero-order chi connectivity index (χ0) is 7.56. The van der Waals surface area contributed by atoms with E-state index < -0.39 is 0 Å². The first-order valence-electron chi connectivity index (χ1n) is 4.38. The van der Waals surface area contributed by atoms with Gasteiger partial charge in [0.25, 0.3) is 0 Å². The Hall–Kier alpha value is -0.0400. The van der Waals surface area contributed by atoms with Gasteiger partial charge in [0.15, 0.2) is 0 Å². The van der Waals surface area contributed by atoms with Crippen LogP contribution in [0.25, 0.3) is 0 Å². The Kier molecular flexibility index (Phi) is 2.72. The lowest BCUT2D eigenvalue weighted by atomic mass is 9.85. The van der Waals surface area contributed by atoms with Crippen molar-refractivity contribution >= 4 is 0 Å². The van der Waals surface area contributed by atoms with Crippen LogP contribution in [0.2, 0.25) is 0 Å². The molecular formula is C9H19N. The van der Waals surface area contributed by atoms with Crippen molar-refractivity contribution in [3.63, 3.8) is 0 Å². The third-order valence-electron chi connectivity index (χ3n) is 2.73. The Balaban J connectivity index is 2.40. The largest absolute Gasteiger partial charge is 0.306 e. The summed E-state index contributed by atoms with van der Waals surface area (Å²) < 4.78 is 0. The smallest absolute Gasteiger partial charge is 0.0115 e. The maximum atomic E-state index is 2.38. The van der Waals surface area contributed by atoms with Gasteiger partial charge in [-0.2, -0.15) is 0 Å². The van der Waals surface area contributed by atoms with E-state index in [9.17, 15) is 0 Å². The van der Waals surface area contributed by atoms with Crippen LogP contribution in [0.4, 0.5) is 0 Å². The SMILES string of the molecule is C[C@H]1CCCCC1N(C)C. The first kappa shape index (κ1) is 8.06. The zero-order valence-corrected chi connectivity index (χ0v) is 7.43. The molecule has 0 bridgehead atoms. The Morgan fingerprint density at radius 1 is 1.10 bits per heavy atom. The molecule has 0 heterocycles. The molecule has 0 aliphatic heterocycles. The van der Waals surface area contributed by atoms with Gasteiger partial charge in [-0.05, 0) is 32.9 Å². The first-order chi connectivity index (χ1) is 4.72. The van der Waals surface area contributed by atoms with Crippen molar-refractivity contribution in [3.8, 4) is 0 Å². The molecule has 1 aliphatic carbocycles. The van der Waals surface area contributed by atoms with Crippen molar-refractivity contribution in [2.75, 3.05) is 14.1 Å². The third kappa shape index (κ3) is 1.72. The van der Waals surface area contributed by atoms with Crippen LogP contribution in [0.3, 0.4) is 0 Å². The molecule has 0 aromatic carbocycles. The second-order valence-electron chi connectivity index (χ2n) is 3.79. The fourth-order valence-corrected chi connectivity index (χ4v) is 2.06. The van der Waals surface area contributed by atoms with Gasteiger partial charge in [-0.3, -0.25) is 0 Å². The lowest BCUT2D eigenvalue weighted by Crippen LogP contribution is -2.36. The van der Waals surface area contributed by atoms with Crippen LogP contribution in [0.5, 0.6) is 0 Å². The van der Waals surface area contributed by atoms with Crippen molar-refractivity contribution < 1.29 is 0 Å². The van der Waals surface area contributed by atoms with Crippen molar-refractivity contribution in [3.05, 3.63) is 0 Å². The molecule has 1 heteroatoms. The maximum Gasteiger partial charge on any atom is 0.0115 e. The van der Waals surface area contributed by atoms with E-state index in [0.717, 1.165) is 12.0 Å². The van der Waals surface area contributed by atoms with E-state index in [1.165, 1.54) is 25.7 Å². The molecule has 0 radical (unpaired) electrons. The summed E-state index contributed by atoms with van der Waals surface area (Å²) in [5.41, 5.74) is 0. The molecular weight excluding hydrogens is 122 g/mol. The predicted molar refractivity (Wildman–Crippen MR) is 45.1 cm³/mol. The highest BCUT2D eigenvalue weighted by atomic mass is 15.1. The molecule has 0 N–H and O–H groups in total. The Morgan fingerprint density at radius 3 is 2.10 bits per heavy atom. The molecule has 60 valence electrons. The van der Waals surface area contributed by atoms with E-state index in [0.29, 0.717) is 0 Å². The van der Waals surface area contributed by atoms with Crippen LogP contribution < -0.4 is 0 Å². The van der Waals surface area contributed by atoms with Gasteiger partial charge in [0.2, 0.25) is 0 Å². The Morgan fingerprint density at radius 2 is 1.70 bits per heavy atom. The molecule has 1 unspecified atom stereocenters. The molecule has 0 spiro atoms. The van der Waals surface area contributed by atoms with E-state index in [2.05, 4.69) is 25.9 Å². The standard InChI is InChI=1S/C9H19N/c1-8-6-4-5-7-9(8)10(2)3/h8-9H,4-7H2,1-3H3/t8-,9?/m0/s1. The molecule has 0 aromatic heterocycles. The molecule has 0 saturated heterocycles. The summed E-state index contributed by atoms with van der Waals surface area (Å²) in [6.45, 7) is 2.38. The van der Waals surface area contributed by atoms with Crippen molar-refractivity contribution in [1.82, 2.24) is 4.90 Å². The van der Waals surface area contributed by atoms with Gasteiger partial charge in [0.1, 0.15) is 0 Å². The summed E-state index contributed by atoms with van der Waals surface area (Å²) in [7, 11) is 4.40. The highest BCUT2D eigenvalue weighted by Crippen LogP contribution is 2.26. The number of rotatable bonds is 1. The van der Waals surface area contributed by atoms with Crippen LogP contribution in [-0.2, 0) is 0 Å². The molecule has 0 aromatic rings. The number of hydrogen-bond acceptors (Lipinski definition) is 1. The molecule has 1 rings (SSSR count). The molecule has 0 amide bonds. The van der Waals surface area contributed by atoms with Gasteiger partial charge in [0, 0.05) is 6.04 Å². The second-order valence-corrected chi connectivity index (χ2v) is 3.79. The lowest BCUT2D eigenvalue weighted by molar-refractivity contribution is 0.167. The molecule has 2 atom stereocenters. The molecule has 1 aliphatic rings. The maximum absolute atomic E-state index is 2.38. The molecule has 1 saturated carbocycles. The van der Waals surface area contributed by atoms with Gasteiger partial charge >= 0.3 is 0 Å². The van der Waals surface area contributed by atoms with E-state index in [1.54, 1.807) is 0 Å². The van der Waals surface area contributed by atoms with E-state index in [1.807, 2.05) is 0 Å². The van der Waals surface area contributed by atoms with Crippen LogP contribution in [-0.4, -0.2) is 25.0 Å². The average Bonchev–Trinajstić information content (AvgIpc) is 1.88. The number of nitrogens with zero attached hydrogens (tertiary/aromatic N) is 1. The minimum Gasteiger partial charge on any atom is -0.306 e. The van der Waals surface area contributed by atoms with Crippen LogP contribution in [0, 0.1) is 5.92 Å². The van der Waals surface area contributed by atoms with E-state index >= 15 is 0 Å². The lowest BCUT2D eigenvalue weighted by Gasteiger charge is -2.33. The minimum atomic E-state index is 0.855. The number of hydrogen-bond donors (Lipinski definition) is 0. The van der Waals surface area contributed by atoms with Crippen LogP contribution in [0.15, 0.2) is 0 Å².